The number of fused-ring (bicyclic) bond motifs is 1. The Balaban J connectivity index is 2.00. The number of aromatic nitrogens is 2. The summed E-state index contributed by atoms with van der Waals surface area (Å²) in [6.45, 7) is 8.10. The second-order valence-corrected chi connectivity index (χ2v) is 6.52. The van der Waals surface area contributed by atoms with E-state index in [-0.39, 0.29) is 6.10 Å². The molecule has 2 heterocycles. The second-order valence-electron chi connectivity index (χ2n) is 6.52. The van der Waals surface area contributed by atoms with Crippen LogP contribution in [0.25, 0.3) is 16.9 Å². The molecule has 0 fully saturated rings. The number of benzene rings is 1. The van der Waals surface area contributed by atoms with Crippen LogP contribution in [-0.4, -0.2) is 21.6 Å². The van der Waals surface area contributed by atoms with Gasteiger partial charge in [0.15, 0.2) is 0 Å². The number of alkyl carbamates (subject to hydrolysis) is 1. The van der Waals surface area contributed by atoms with Gasteiger partial charge < -0.3 is 14.5 Å². The summed E-state index contributed by atoms with van der Waals surface area (Å²) in [5.74, 6) is 0. The number of ether oxygens (including phenoxy) is 1. The summed E-state index contributed by atoms with van der Waals surface area (Å²) < 4.78 is 7.19. The maximum absolute atomic E-state index is 11.9. The van der Waals surface area contributed by atoms with Crippen molar-refractivity contribution in [2.24, 2.45) is 0 Å². The fourth-order valence-corrected chi connectivity index (χ4v) is 2.72. The smallest absolute Gasteiger partial charge is 0.407 e. The highest BCUT2D eigenvalue weighted by atomic mass is 16.6. The number of rotatable bonds is 4. The molecule has 0 bridgehead atoms. The Bertz CT molecular complexity index is 895. The molecule has 130 valence electrons. The molecule has 5 heteroatoms. The lowest BCUT2D eigenvalue weighted by Gasteiger charge is -2.11. The van der Waals surface area contributed by atoms with Crippen molar-refractivity contribution in [1.29, 1.82) is 0 Å². The third kappa shape index (κ3) is 3.82. The third-order valence-electron chi connectivity index (χ3n) is 3.93. The molecule has 5 nitrogen and oxygen atoms in total. The number of carbonyl (C=O) groups excluding carboxylic acids is 1. The molecule has 3 aromatic rings. The molecule has 0 spiro atoms. The highest BCUT2D eigenvalue weighted by Gasteiger charge is 2.15. The van der Waals surface area contributed by atoms with E-state index in [0.717, 1.165) is 28.2 Å². The number of amides is 1. The molecule has 0 saturated carbocycles. The van der Waals surface area contributed by atoms with Crippen LogP contribution in [0.5, 0.6) is 0 Å². The van der Waals surface area contributed by atoms with Crippen molar-refractivity contribution in [3.8, 4) is 11.3 Å². The lowest BCUT2D eigenvalue weighted by atomic mass is 10.1. The minimum atomic E-state index is -0.424. The van der Waals surface area contributed by atoms with Gasteiger partial charge >= 0.3 is 6.09 Å². The Labute approximate surface area is 147 Å². The van der Waals surface area contributed by atoms with Crippen LogP contribution in [-0.2, 0) is 11.3 Å². The van der Waals surface area contributed by atoms with Crippen molar-refractivity contribution in [1.82, 2.24) is 14.7 Å². The molecule has 3 rings (SSSR count). The molecular weight excluding hydrogens is 314 g/mol. The van der Waals surface area contributed by atoms with E-state index in [4.69, 9.17) is 9.72 Å². The zero-order chi connectivity index (χ0) is 18.0. The predicted octanol–water partition coefficient (Wildman–Crippen LogP) is 4.25. The van der Waals surface area contributed by atoms with E-state index in [9.17, 15) is 4.79 Å². The summed E-state index contributed by atoms with van der Waals surface area (Å²) in [5.41, 5.74) is 6.02. The quantitative estimate of drug-likeness (QED) is 0.774. The molecule has 0 atom stereocenters. The van der Waals surface area contributed by atoms with E-state index in [1.165, 1.54) is 5.56 Å². The van der Waals surface area contributed by atoms with E-state index in [0.29, 0.717) is 6.54 Å². The van der Waals surface area contributed by atoms with E-state index in [2.05, 4.69) is 36.5 Å². The van der Waals surface area contributed by atoms with Gasteiger partial charge in [0.05, 0.1) is 24.0 Å². The monoisotopic (exact) mass is 337 g/mol. The number of aryl methyl sites for hydroxylation is 2. The van der Waals surface area contributed by atoms with Gasteiger partial charge in [-0.1, -0.05) is 35.9 Å². The Kier molecular flexibility index (Phi) is 4.74. The first-order chi connectivity index (χ1) is 11.9. The lowest BCUT2D eigenvalue weighted by molar-refractivity contribution is 0.115. The van der Waals surface area contributed by atoms with Gasteiger partial charge in [-0.15, -0.1) is 0 Å². The molecule has 0 aliphatic heterocycles. The van der Waals surface area contributed by atoms with Crippen molar-refractivity contribution in [2.75, 3.05) is 0 Å². The largest absolute Gasteiger partial charge is 0.447 e. The van der Waals surface area contributed by atoms with Crippen LogP contribution >= 0.6 is 0 Å². The molecule has 0 radical (unpaired) electrons. The van der Waals surface area contributed by atoms with Crippen molar-refractivity contribution in [3.05, 3.63) is 59.4 Å². The summed E-state index contributed by atoms with van der Waals surface area (Å²) in [6.07, 6.45) is 1.46. The van der Waals surface area contributed by atoms with Crippen molar-refractivity contribution in [3.63, 3.8) is 0 Å². The Morgan fingerprint density at radius 2 is 1.80 bits per heavy atom. The van der Waals surface area contributed by atoms with Crippen LogP contribution in [0.3, 0.4) is 0 Å². The van der Waals surface area contributed by atoms with Gasteiger partial charge in [0.2, 0.25) is 0 Å². The van der Waals surface area contributed by atoms with Crippen molar-refractivity contribution < 1.29 is 9.53 Å². The fraction of sp³-hybridized carbons (Fsp3) is 0.300. The minimum Gasteiger partial charge on any atom is -0.447 e. The Morgan fingerprint density at radius 3 is 2.48 bits per heavy atom. The fourth-order valence-electron chi connectivity index (χ4n) is 2.72. The summed E-state index contributed by atoms with van der Waals surface area (Å²) in [5, 5.41) is 2.83. The van der Waals surface area contributed by atoms with E-state index < -0.39 is 6.09 Å². The van der Waals surface area contributed by atoms with Crippen LogP contribution < -0.4 is 5.32 Å². The third-order valence-corrected chi connectivity index (χ3v) is 3.93. The summed E-state index contributed by atoms with van der Waals surface area (Å²) >= 11 is 0. The molecule has 1 amide bonds. The lowest BCUT2D eigenvalue weighted by Crippen LogP contribution is -2.27. The summed E-state index contributed by atoms with van der Waals surface area (Å²) in [4.78, 5) is 16.6. The number of imidazole rings is 1. The molecule has 0 aliphatic carbocycles. The predicted molar refractivity (Wildman–Crippen MR) is 98.6 cm³/mol. The first-order valence-electron chi connectivity index (χ1n) is 8.43. The van der Waals surface area contributed by atoms with Crippen LogP contribution in [0.1, 0.15) is 30.7 Å². The van der Waals surface area contributed by atoms with Crippen molar-refractivity contribution in [2.45, 2.75) is 40.3 Å². The van der Waals surface area contributed by atoms with Gasteiger partial charge in [0.1, 0.15) is 5.65 Å². The van der Waals surface area contributed by atoms with Crippen LogP contribution in [0, 0.1) is 13.8 Å². The van der Waals surface area contributed by atoms with Gasteiger partial charge in [-0.3, -0.25) is 0 Å². The minimum absolute atomic E-state index is 0.152. The van der Waals surface area contributed by atoms with Gasteiger partial charge in [-0.25, -0.2) is 9.78 Å². The molecule has 0 unspecified atom stereocenters. The Hall–Kier alpha value is -2.82. The molecule has 1 aromatic carbocycles. The zero-order valence-electron chi connectivity index (χ0n) is 15.0. The number of hydrogen-bond acceptors (Lipinski definition) is 3. The Morgan fingerprint density at radius 1 is 1.12 bits per heavy atom. The average Bonchev–Trinajstić information content (AvgIpc) is 2.90. The van der Waals surface area contributed by atoms with E-state index >= 15 is 0 Å². The van der Waals surface area contributed by atoms with Crippen LogP contribution in [0.2, 0.25) is 0 Å². The number of nitrogens with zero attached hydrogens (tertiary/aromatic N) is 2. The van der Waals surface area contributed by atoms with Crippen molar-refractivity contribution >= 4 is 11.7 Å². The SMILES string of the molecule is Cc1ccc(-c2nc3ccc(C)cn3c2CNC(=O)OC(C)C)cc1. The molecule has 0 aliphatic rings. The number of pyridine rings is 1. The molecule has 25 heavy (non-hydrogen) atoms. The first-order valence-corrected chi connectivity index (χ1v) is 8.43. The number of carbonyl (C=O) groups is 1. The maximum Gasteiger partial charge on any atom is 0.407 e. The van der Waals surface area contributed by atoms with Crippen LogP contribution in [0.4, 0.5) is 4.79 Å². The summed E-state index contributed by atoms with van der Waals surface area (Å²) in [7, 11) is 0. The summed E-state index contributed by atoms with van der Waals surface area (Å²) in [6, 6.07) is 12.3. The normalized spacial score (nSPS) is 11.1. The standard InChI is InChI=1S/C20H23N3O2/c1-13(2)25-20(24)21-11-17-19(16-8-5-14(3)6-9-16)22-18-10-7-15(4)12-23(17)18/h5-10,12-13H,11H2,1-4H3,(H,21,24). The second kappa shape index (κ2) is 6.97. The molecule has 1 N–H and O–H groups in total. The zero-order valence-corrected chi connectivity index (χ0v) is 15.0. The highest BCUT2D eigenvalue weighted by molar-refractivity contribution is 5.70. The highest BCUT2D eigenvalue weighted by Crippen LogP contribution is 2.25. The maximum atomic E-state index is 11.9. The van der Waals surface area contributed by atoms with Gasteiger partial charge in [-0.2, -0.15) is 0 Å². The molecular formula is C20H23N3O2. The number of nitrogens with one attached hydrogen (secondary N) is 1. The number of hydrogen-bond donors (Lipinski definition) is 1. The average molecular weight is 337 g/mol. The van der Waals surface area contributed by atoms with Crippen LogP contribution in [0.15, 0.2) is 42.6 Å². The van der Waals surface area contributed by atoms with E-state index in [1.807, 2.05) is 43.5 Å². The molecule has 0 saturated heterocycles. The topological polar surface area (TPSA) is 55.6 Å². The van der Waals surface area contributed by atoms with Gasteiger partial charge in [-0.05, 0) is 39.3 Å². The van der Waals surface area contributed by atoms with E-state index in [1.54, 1.807) is 0 Å². The molecule has 2 aromatic heterocycles. The van der Waals surface area contributed by atoms with Gasteiger partial charge in [0, 0.05) is 11.8 Å². The van der Waals surface area contributed by atoms with Gasteiger partial charge in [0.25, 0.3) is 0 Å². The first kappa shape index (κ1) is 17.0.